The van der Waals surface area contributed by atoms with Gasteiger partial charge in [-0.25, -0.2) is 9.97 Å². The summed E-state index contributed by atoms with van der Waals surface area (Å²) in [5.41, 5.74) is 3.72. The maximum Gasteiger partial charge on any atom is 0.182 e. The summed E-state index contributed by atoms with van der Waals surface area (Å²) in [4.78, 5) is 8.43. The molecular formula is C12H7N3O. The summed E-state index contributed by atoms with van der Waals surface area (Å²) in [6.45, 7) is 0. The molecule has 0 amide bonds. The Kier molecular flexibility index (Phi) is 1.28. The lowest BCUT2D eigenvalue weighted by atomic mass is 10.2. The second kappa shape index (κ2) is 2.61. The lowest BCUT2D eigenvalue weighted by molar-refractivity contribution is 0.604. The van der Waals surface area contributed by atoms with Crippen LogP contribution in [0.4, 0.5) is 0 Å². The average Bonchev–Trinajstić information content (AvgIpc) is 2.98. The molecule has 0 bridgehead atoms. The molecular weight excluding hydrogens is 202 g/mol. The van der Waals surface area contributed by atoms with Gasteiger partial charge >= 0.3 is 0 Å². The minimum atomic E-state index is 0.788. The Morgan fingerprint density at radius 1 is 1.12 bits per heavy atom. The average molecular weight is 209 g/mol. The van der Waals surface area contributed by atoms with Crippen molar-refractivity contribution in [3.63, 3.8) is 0 Å². The zero-order valence-corrected chi connectivity index (χ0v) is 8.29. The number of pyridine rings is 1. The Morgan fingerprint density at radius 2 is 2.06 bits per heavy atom. The van der Waals surface area contributed by atoms with Gasteiger partial charge in [0, 0.05) is 5.39 Å². The summed E-state index contributed by atoms with van der Waals surface area (Å²) in [5, 5.41) is 1.08. The smallest absolute Gasteiger partial charge is 0.182 e. The van der Waals surface area contributed by atoms with E-state index in [4.69, 9.17) is 4.42 Å². The molecule has 0 aliphatic heterocycles. The van der Waals surface area contributed by atoms with Gasteiger partial charge in [-0.15, -0.1) is 0 Å². The first-order chi connectivity index (χ1) is 7.95. The summed E-state index contributed by atoms with van der Waals surface area (Å²) in [6, 6.07) is 8.10. The molecule has 0 radical (unpaired) electrons. The molecule has 16 heavy (non-hydrogen) atoms. The molecule has 0 fully saturated rings. The fourth-order valence-electron chi connectivity index (χ4n) is 2.16. The van der Waals surface area contributed by atoms with Crippen LogP contribution in [-0.2, 0) is 0 Å². The Morgan fingerprint density at radius 3 is 3.06 bits per heavy atom. The minimum Gasteiger partial charge on any atom is -0.441 e. The third kappa shape index (κ3) is 0.798. The van der Waals surface area contributed by atoms with Gasteiger partial charge in [0.15, 0.2) is 12.0 Å². The van der Waals surface area contributed by atoms with E-state index in [9.17, 15) is 0 Å². The molecule has 0 N–H and O–H groups in total. The van der Waals surface area contributed by atoms with Gasteiger partial charge in [-0.3, -0.25) is 4.40 Å². The van der Waals surface area contributed by atoms with Gasteiger partial charge in [0.25, 0.3) is 0 Å². The van der Waals surface area contributed by atoms with E-state index in [2.05, 4.69) is 16.0 Å². The van der Waals surface area contributed by atoms with Crippen molar-refractivity contribution in [1.29, 1.82) is 0 Å². The highest BCUT2D eigenvalue weighted by atomic mass is 16.3. The highest BCUT2D eigenvalue weighted by molar-refractivity contribution is 6.07. The van der Waals surface area contributed by atoms with E-state index >= 15 is 0 Å². The molecule has 0 unspecified atom stereocenters. The zero-order chi connectivity index (χ0) is 10.5. The predicted octanol–water partition coefficient (Wildman–Crippen LogP) is 2.63. The van der Waals surface area contributed by atoms with E-state index < -0.39 is 0 Å². The maximum atomic E-state index is 5.43. The first kappa shape index (κ1) is 7.87. The molecule has 0 spiro atoms. The van der Waals surface area contributed by atoms with Crippen molar-refractivity contribution in [2.75, 3.05) is 0 Å². The van der Waals surface area contributed by atoms with Gasteiger partial charge in [-0.05, 0) is 6.07 Å². The second-order valence-corrected chi connectivity index (χ2v) is 3.70. The zero-order valence-electron chi connectivity index (χ0n) is 8.29. The summed E-state index contributed by atoms with van der Waals surface area (Å²) < 4.78 is 7.44. The van der Waals surface area contributed by atoms with Crippen LogP contribution in [0.2, 0.25) is 0 Å². The van der Waals surface area contributed by atoms with Gasteiger partial charge in [0.1, 0.15) is 11.0 Å². The summed E-state index contributed by atoms with van der Waals surface area (Å²) in [5.74, 6) is 0. The first-order valence-electron chi connectivity index (χ1n) is 5.01. The van der Waals surface area contributed by atoms with E-state index in [-0.39, 0.29) is 0 Å². The van der Waals surface area contributed by atoms with E-state index in [0.717, 1.165) is 27.5 Å². The lowest BCUT2D eigenvalue weighted by Crippen LogP contribution is -1.87. The molecule has 4 aromatic rings. The monoisotopic (exact) mass is 209 g/mol. The number of aromatic nitrogens is 3. The lowest BCUT2D eigenvalue weighted by Gasteiger charge is -2.02. The van der Waals surface area contributed by atoms with Crippen LogP contribution >= 0.6 is 0 Å². The largest absolute Gasteiger partial charge is 0.441 e. The number of hydrogen-bond donors (Lipinski definition) is 0. The predicted molar refractivity (Wildman–Crippen MR) is 60.3 cm³/mol. The number of imidazole rings is 1. The molecule has 76 valence electrons. The molecule has 4 rings (SSSR count). The quantitative estimate of drug-likeness (QED) is 0.447. The highest BCUT2D eigenvalue weighted by Crippen LogP contribution is 2.27. The molecule has 4 heteroatoms. The number of nitrogens with zero attached hydrogens (tertiary/aromatic N) is 3. The van der Waals surface area contributed by atoms with Crippen LogP contribution in [0.1, 0.15) is 0 Å². The van der Waals surface area contributed by atoms with Crippen LogP contribution in [0.15, 0.2) is 47.6 Å². The standard InChI is InChI=1S/C12H7N3O/c1-2-4-9-8(3-1)11-12(16-7-14-11)10-5-13-6-15(9)10/h1-7H. The molecule has 0 saturated heterocycles. The van der Waals surface area contributed by atoms with Crippen molar-refractivity contribution in [2.45, 2.75) is 0 Å². The van der Waals surface area contributed by atoms with Crippen LogP contribution in [0, 0.1) is 0 Å². The van der Waals surface area contributed by atoms with Crippen LogP contribution < -0.4 is 0 Å². The second-order valence-electron chi connectivity index (χ2n) is 3.70. The van der Waals surface area contributed by atoms with Crippen molar-refractivity contribution in [1.82, 2.24) is 14.4 Å². The molecule has 0 aliphatic rings. The van der Waals surface area contributed by atoms with Crippen molar-refractivity contribution < 1.29 is 4.42 Å². The number of benzene rings is 1. The van der Waals surface area contributed by atoms with Crippen molar-refractivity contribution in [3.8, 4) is 0 Å². The van der Waals surface area contributed by atoms with E-state index in [1.807, 2.05) is 22.6 Å². The molecule has 1 aromatic carbocycles. The van der Waals surface area contributed by atoms with Crippen molar-refractivity contribution in [2.24, 2.45) is 0 Å². The van der Waals surface area contributed by atoms with Crippen molar-refractivity contribution in [3.05, 3.63) is 43.2 Å². The summed E-state index contributed by atoms with van der Waals surface area (Å²) in [7, 11) is 0. The van der Waals surface area contributed by atoms with E-state index in [1.54, 1.807) is 12.5 Å². The molecule has 3 aromatic heterocycles. The molecule has 0 saturated carbocycles. The Balaban J connectivity index is 2.51. The Hall–Kier alpha value is -2.36. The molecule has 4 nitrogen and oxygen atoms in total. The highest BCUT2D eigenvalue weighted by Gasteiger charge is 2.11. The number of para-hydroxylation sites is 1. The van der Waals surface area contributed by atoms with Crippen LogP contribution in [0.5, 0.6) is 0 Å². The van der Waals surface area contributed by atoms with Gasteiger partial charge in [0.2, 0.25) is 0 Å². The Bertz CT molecular complexity index is 744. The van der Waals surface area contributed by atoms with Gasteiger partial charge in [0.05, 0.1) is 18.0 Å². The number of oxazole rings is 1. The van der Waals surface area contributed by atoms with Gasteiger partial charge in [-0.1, -0.05) is 18.2 Å². The SMILES string of the molecule is c1ccc2c(c1)c1ncoc1c1cncn21. The van der Waals surface area contributed by atoms with Gasteiger partial charge in [-0.2, -0.15) is 0 Å². The van der Waals surface area contributed by atoms with Gasteiger partial charge < -0.3 is 4.42 Å². The maximum absolute atomic E-state index is 5.43. The fourth-order valence-corrected chi connectivity index (χ4v) is 2.16. The summed E-state index contributed by atoms with van der Waals surface area (Å²) >= 11 is 0. The number of fused-ring (bicyclic) bond motifs is 6. The molecule has 3 heterocycles. The third-order valence-corrected chi connectivity index (χ3v) is 2.86. The van der Waals surface area contributed by atoms with Crippen LogP contribution in [0.25, 0.3) is 27.5 Å². The third-order valence-electron chi connectivity index (χ3n) is 2.86. The topological polar surface area (TPSA) is 43.3 Å². The Labute approximate surface area is 90.1 Å². The van der Waals surface area contributed by atoms with Crippen molar-refractivity contribution >= 4 is 27.5 Å². The first-order valence-corrected chi connectivity index (χ1v) is 5.01. The number of hydrogen-bond acceptors (Lipinski definition) is 3. The fraction of sp³-hybridized carbons (Fsp3) is 0. The van der Waals surface area contributed by atoms with Crippen LogP contribution in [-0.4, -0.2) is 14.4 Å². The van der Waals surface area contributed by atoms with Crippen LogP contribution in [0.3, 0.4) is 0 Å². The molecule has 0 atom stereocenters. The van der Waals surface area contributed by atoms with E-state index in [0.29, 0.717) is 0 Å². The number of rotatable bonds is 0. The minimum absolute atomic E-state index is 0.788. The van der Waals surface area contributed by atoms with E-state index in [1.165, 1.54) is 6.39 Å². The normalized spacial score (nSPS) is 11.8. The molecule has 0 aliphatic carbocycles. The summed E-state index contributed by atoms with van der Waals surface area (Å²) in [6.07, 6.45) is 5.06.